The number of carboxylic acid groups (broad SMARTS) is 1. The van der Waals surface area contributed by atoms with Crippen LogP contribution in [0.3, 0.4) is 0 Å². The predicted molar refractivity (Wildman–Crippen MR) is 131 cm³/mol. The fourth-order valence-corrected chi connectivity index (χ4v) is 3.91. The van der Waals surface area contributed by atoms with E-state index in [9.17, 15) is 28.0 Å². The van der Waals surface area contributed by atoms with Crippen molar-refractivity contribution < 1.29 is 18.7 Å². The Morgan fingerprint density at radius 3 is 2.47 bits per heavy atom. The van der Waals surface area contributed by atoms with Gasteiger partial charge in [-0.1, -0.05) is 18.2 Å². The van der Waals surface area contributed by atoms with Gasteiger partial charge < -0.3 is 26.5 Å². The molecule has 13 heteroatoms. The lowest BCUT2D eigenvalue weighted by molar-refractivity contribution is 0.0683. The maximum atomic E-state index is 13.2. The van der Waals surface area contributed by atoms with Crippen molar-refractivity contribution in [2.24, 2.45) is 5.73 Å². The Kier molecular flexibility index (Phi) is 7.51. The van der Waals surface area contributed by atoms with Crippen LogP contribution in [0.5, 0.6) is 0 Å². The van der Waals surface area contributed by atoms with E-state index in [1.807, 2.05) is 16.0 Å². The maximum absolute atomic E-state index is 13.2. The second-order valence-corrected chi connectivity index (χ2v) is 7.87. The lowest BCUT2D eigenvalue weighted by atomic mass is 9.96. The molecular weight excluding hydrogens is 500 g/mol. The Bertz CT molecular complexity index is 1610. The molecule has 1 aliphatic rings. The molecule has 2 heterocycles. The normalized spacial score (nSPS) is 12.5. The first-order valence-electron chi connectivity index (χ1n) is 10.4. The molecule has 0 fully saturated rings. The third kappa shape index (κ3) is 4.68. The monoisotopic (exact) mass is 519 g/mol. The molecule has 1 aromatic heterocycles. The highest BCUT2D eigenvalue weighted by Crippen LogP contribution is 2.26. The predicted octanol–water partition coefficient (Wildman–Crippen LogP) is 1.21. The van der Waals surface area contributed by atoms with Crippen molar-refractivity contribution in [3.63, 3.8) is 0 Å². The van der Waals surface area contributed by atoms with Gasteiger partial charge in [-0.05, 0) is 35.2 Å². The average Bonchev–Trinajstić information content (AvgIpc) is 2.85. The molecule has 3 aromatic carbocycles. The number of aromatic carboxylic acids is 1. The van der Waals surface area contributed by atoms with Crippen LogP contribution < -0.4 is 32.8 Å². The van der Waals surface area contributed by atoms with Gasteiger partial charge in [0, 0.05) is 19.6 Å². The third-order valence-electron chi connectivity index (χ3n) is 5.72. The third-order valence-corrected chi connectivity index (χ3v) is 5.72. The number of carboxylic acids is 1. The topological polar surface area (TPSA) is 172 Å². The van der Waals surface area contributed by atoms with Gasteiger partial charge >= 0.3 is 5.97 Å². The van der Waals surface area contributed by atoms with E-state index in [-0.39, 0.29) is 23.6 Å². The minimum absolute atomic E-state index is 0. The largest absolute Gasteiger partial charge is 0.475 e. The van der Waals surface area contributed by atoms with Crippen LogP contribution in [0.25, 0.3) is 10.9 Å². The van der Waals surface area contributed by atoms with E-state index in [1.165, 1.54) is 5.56 Å². The molecule has 6 N–H and O–H groups in total. The molecule has 188 valence electrons. The summed E-state index contributed by atoms with van der Waals surface area (Å²) in [6.45, 7) is 1.82. The molecule has 1 aliphatic heterocycles. The average molecular weight is 520 g/mol. The number of carbonyl (C=O) groups is 1. The van der Waals surface area contributed by atoms with Crippen molar-refractivity contribution in [3.8, 4) is 0 Å². The minimum atomic E-state index is -1.45. The first-order valence-corrected chi connectivity index (χ1v) is 10.4. The zero-order valence-corrected chi connectivity index (χ0v) is 19.3. The van der Waals surface area contributed by atoms with Crippen LogP contribution in [0.15, 0.2) is 44.7 Å². The van der Waals surface area contributed by atoms with Gasteiger partial charge in [-0.2, -0.15) is 0 Å². The lowest BCUT2D eigenvalue weighted by Crippen LogP contribution is -2.44. The lowest BCUT2D eigenvalue weighted by Gasteiger charge is -2.31. The molecule has 0 unspecified atom stereocenters. The van der Waals surface area contributed by atoms with E-state index < -0.39 is 45.2 Å². The summed E-state index contributed by atoms with van der Waals surface area (Å²) in [5.41, 5.74) is 13.0. The Balaban J connectivity index is 0.000000198. The van der Waals surface area contributed by atoms with Crippen LogP contribution in [0.2, 0.25) is 0 Å². The Morgan fingerprint density at radius 1 is 1.11 bits per heavy atom. The van der Waals surface area contributed by atoms with Crippen molar-refractivity contribution in [1.82, 2.24) is 9.97 Å². The molecule has 0 spiro atoms. The summed E-state index contributed by atoms with van der Waals surface area (Å²) in [7, 11) is 0. The molecule has 0 bridgehead atoms. The SMILES string of the molecule is Cl.NCc1ccc2c(c1)CN(c1c(N)c(=O)c1=O)CC2.O=C(O)c1nc2ccc(F)c(F)c2c(=O)[nH]1. The first kappa shape index (κ1) is 26.4. The fraction of sp³-hybridized carbons (Fsp3) is 0.174. The van der Waals surface area contributed by atoms with Gasteiger partial charge in [0.05, 0.1) is 5.52 Å². The number of fused-ring (bicyclic) bond motifs is 2. The van der Waals surface area contributed by atoms with Gasteiger partial charge in [0.1, 0.15) is 16.8 Å². The zero-order valence-electron chi connectivity index (χ0n) is 18.5. The van der Waals surface area contributed by atoms with Crippen molar-refractivity contribution in [2.75, 3.05) is 17.2 Å². The van der Waals surface area contributed by atoms with Crippen molar-refractivity contribution in [2.45, 2.75) is 19.5 Å². The van der Waals surface area contributed by atoms with Crippen LogP contribution in [-0.4, -0.2) is 27.6 Å². The maximum Gasteiger partial charge on any atom is 0.372 e. The van der Waals surface area contributed by atoms with Gasteiger partial charge in [0.15, 0.2) is 11.6 Å². The highest BCUT2D eigenvalue weighted by atomic mass is 35.5. The number of halogens is 3. The standard InChI is InChI=1S/C14H15N3O2.C9H4F2N2O3.ClH/c15-6-8-1-2-9-3-4-17(7-10(9)5-8)12-11(16)13(18)14(12)19;10-3-1-2-4-5(6(3)11)8(14)13-7(12-4)9(15)16;/h1-2,5H,3-4,6-7,15-16H2;1-2H,(H,15,16)(H,12,13,14);1H. The van der Waals surface area contributed by atoms with Gasteiger partial charge in [0.2, 0.25) is 5.82 Å². The van der Waals surface area contributed by atoms with E-state index >= 15 is 0 Å². The fourth-order valence-electron chi connectivity index (χ4n) is 3.91. The van der Waals surface area contributed by atoms with Crippen LogP contribution in [-0.2, 0) is 19.5 Å². The van der Waals surface area contributed by atoms with Crippen LogP contribution >= 0.6 is 12.4 Å². The molecule has 0 saturated carbocycles. The molecule has 0 radical (unpaired) electrons. The number of aromatic nitrogens is 2. The van der Waals surface area contributed by atoms with Gasteiger partial charge in [-0.3, -0.25) is 14.4 Å². The van der Waals surface area contributed by atoms with E-state index in [0.29, 0.717) is 25.3 Å². The number of aromatic amines is 1. The Labute approximate surface area is 207 Å². The van der Waals surface area contributed by atoms with Crippen LogP contribution in [0.1, 0.15) is 27.3 Å². The summed E-state index contributed by atoms with van der Waals surface area (Å²) in [5, 5.41) is 8.00. The van der Waals surface area contributed by atoms with Gasteiger partial charge in [-0.15, -0.1) is 12.4 Å². The molecule has 0 saturated heterocycles. The molecule has 4 aromatic rings. The summed E-state index contributed by atoms with van der Waals surface area (Å²) < 4.78 is 26.0. The molecule has 0 amide bonds. The Morgan fingerprint density at radius 2 is 1.83 bits per heavy atom. The zero-order chi connectivity index (χ0) is 25.4. The second-order valence-electron chi connectivity index (χ2n) is 7.87. The molecule has 10 nitrogen and oxygen atoms in total. The molecular formula is C23H20ClF2N5O5. The Hall–Kier alpha value is -4.16. The second kappa shape index (κ2) is 10.2. The van der Waals surface area contributed by atoms with Gasteiger partial charge in [0.25, 0.3) is 16.4 Å². The van der Waals surface area contributed by atoms with Gasteiger partial charge in [-0.25, -0.2) is 18.6 Å². The quantitative estimate of drug-likeness (QED) is 0.290. The number of rotatable bonds is 3. The number of hydrogen-bond acceptors (Lipinski definition) is 8. The summed E-state index contributed by atoms with van der Waals surface area (Å²) in [6, 6.07) is 7.98. The first-order chi connectivity index (χ1) is 16.6. The summed E-state index contributed by atoms with van der Waals surface area (Å²) in [5.74, 6) is -4.61. The summed E-state index contributed by atoms with van der Waals surface area (Å²) in [4.78, 5) is 51.8. The van der Waals surface area contributed by atoms with Crippen LogP contribution in [0, 0.1) is 11.6 Å². The number of anilines is 2. The van der Waals surface area contributed by atoms with E-state index in [0.717, 1.165) is 29.7 Å². The summed E-state index contributed by atoms with van der Waals surface area (Å²) >= 11 is 0. The van der Waals surface area contributed by atoms with E-state index in [2.05, 4.69) is 17.1 Å². The number of hydrogen-bond donors (Lipinski definition) is 4. The number of nitrogen functional groups attached to an aromatic ring is 1. The number of H-pyrrole nitrogens is 1. The molecule has 0 atom stereocenters. The minimum Gasteiger partial charge on any atom is -0.475 e. The smallest absolute Gasteiger partial charge is 0.372 e. The molecule has 5 rings (SSSR count). The molecule has 36 heavy (non-hydrogen) atoms. The van der Waals surface area contributed by atoms with E-state index in [1.54, 1.807) is 0 Å². The van der Waals surface area contributed by atoms with Crippen LogP contribution in [0.4, 0.5) is 20.2 Å². The van der Waals surface area contributed by atoms with Crippen molar-refractivity contribution in [1.29, 1.82) is 0 Å². The summed E-state index contributed by atoms with van der Waals surface area (Å²) in [6.07, 6.45) is 0.846. The highest BCUT2D eigenvalue weighted by molar-refractivity contribution is 5.87. The number of nitrogens with one attached hydrogen (secondary N) is 1. The van der Waals surface area contributed by atoms with Crippen molar-refractivity contribution >= 4 is 40.7 Å². The number of nitrogens with zero attached hydrogens (tertiary/aromatic N) is 2. The molecule has 0 aliphatic carbocycles. The number of nitrogens with two attached hydrogens (primary N) is 2. The number of benzene rings is 2. The van der Waals surface area contributed by atoms with E-state index in [4.69, 9.17) is 16.6 Å². The van der Waals surface area contributed by atoms with Crippen molar-refractivity contribution in [3.05, 3.63) is 95.3 Å². The highest BCUT2D eigenvalue weighted by Gasteiger charge is 2.26.